The summed E-state index contributed by atoms with van der Waals surface area (Å²) in [4.78, 5) is 1.80. The Morgan fingerprint density at radius 1 is 0.640 bits per heavy atom. The third kappa shape index (κ3) is 2.26. The summed E-state index contributed by atoms with van der Waals surface area (Å²) in [6.07, 6.45) is 0. The fourth-order valence-corrected chi connectivity index (χ4v) is 3.56. The van der Waals surface area contributed by atoms with Crippen LogP contribution in [-0.2, 0) is 0 Å². The Morgan fingerprint density at radius 2 is 1.36 bits per heavy atom. The van der Waals surface area contributed by atoms with Crippen molar-refractivity contribution >= 4 is 21.8 Å². The van der Waals surface area contributed by atoms with Crippen molar-refractivity contribution < 1.29 is 0 Å². The Labute approximate surface area is 148 Å². The summed E-state index contributed by atoms with van der Waals surface area (Å²) < 4.78 is 0. The van der Waals surface area contributed by atoms with E-state index in [1.807, 2.05) is 0 Å². The predicted molar refractivity (Wildman–Crippen MR) is 105 cm³/mol. The molecule has 25 heavy (non-hydrogen) atoms. The van der Waals surface area contributed by atoms with Gasteiger partial charge in [0, 0.05) is 5.39 Å². The van der Waals surface area contributed by atoms with Crippen LogP contribution < -0.4 is 0 Å². The van der Waals surface area contributed by atoms with Gasteiger partial charge in [0.05, 0.1) is 5.69 Å². The average Bonchev–Trinajstić information content (AvgIpc) is 3.03. The zero-order valence-electron chi connectivity index (χ0n) is 15.7. The lowest BCUT2D eigenvalue weighted by molar-refractivity contribution is 0.758. The van der Waals surface area contributed by atoms with Gasteiger partial charge in [0.25, 0.3) is 0 Å². The highest BCUT2D eigenvalue weighted by Gasteiger charge is 2.16. The third-order valence-corrected chi connectivity index (χ3v) is 5.61. The summed E-state index contributed by atoms with van der Waals surface area (Å²) in [7, 11) is 0. The number of rotatable bonds is 1. The molecule has 126 valence electrons. The Balaban J connectivity index is 2.08. The fraction of sp³-hybridized carbons (Fsp3) is 0.273. The normalized spacial score (nSPS) is 11.6. The molecule has 0 atom stereocenters. The molecule has 1 aromatic heterocycles. The number of nitrogens with zero attached hydrogens (tertiary/aromatic N) is 3. The number of benzene rings is 3. The summed E-state index contributed by atoms with van der Waals surface area (Å²) in [6.45, 7) is 12.9. The minimum atomic E-state index is 0.982. The summed E-state index contributed by atoms with van der Waals surface area (Å²) in [6, 6.07) is 10.8. The average molecular weight is 329 g/mol. The van der Waals surface area contributed by atoms with E-state index in [1.165, 1.54) is 44.2 Å². The lowest BCUT2D eigenvalue weighted by Crippen LogP contribution is -2.03. The van der Waals surface area contributed by atoms with E-state index >= 15 is 0 Å². The highest BCUT2D eigenvalue weighted by Crippen LogP contribution is 2.31. The fourth-order valence-electron chi connectivity index (χ4n) is 3.56. The number of aryl methyl sites for hydroxylation is 4. The number of fused-ring (bicyclic) bond motifs is 3. The maximum atomic E-state index is 4.88. The van der Waals surface area contributed by atoms with E-state index in [0.29, 0.717) is 0 Å². The van der Waals surface area contributed by atoms with Gasteiger partial charge in [-0.1, -0.05) is 29.8 Å². The van der Waals surface area contributed by atoms with Crippen LogP contribution >= 0.6 is 0 Å². The van der Waals surface area contributed by atoms with E-state index in [0.717, 1.165) is 16.7 Å². The Bertz CT molecular complexity index is 1150. The Kier molecular flexibility index (Phi) is 3.43. The highest BCUT2D eigenvalue weighted by atomic mass is 15.5. The van der Waals surface area contributed by atoms with Gasteiger partial charge in [0.2, 0.25) is 0 Å². The van der Waals surface area contributed by atoms with Crippen molar-refractivity contribution in [2.45, 2.75) is 41.5 Å². The molecule has 0 aliphatic heterocycles. The van der Waals surface area contributed by atoms with Gasteiger partial charge in [0.1, 0.15) is 11.0 Å². The summed E-state index contributed by atoms with van der Waals surface area (Å²) >= 11 is 0. The minimum absolute atomic E-state index is 0.982. The molecule has 1 heterocycles. The molecule has 0 N–H and O–H groups in total. The van der Waals surface area contributed by atoms with E-state index in [1.54, 1.807) is 4.80 Å². The number of aromatic nitrogens is 3. The molecule has 3 aromatic carbocycles. The van der Waals surface area contributed by atoms with E-state index in [4.69, 9.17) is 10.2 Å². The lowest BCUT2D eigenvalue weighted by atomic mass is 9.97. The summed E-state index contributed by atoms with van der Waals surface area (Å²) in [5.41, 5.74) is 10.6. The molecular weight excluding hydrogens is 306 g/mol. The van der Waals surface area contributed by atoms with Gasteiger partial charge in [0.15, 0.2) is 0 Å². The number of hydrogen-bond donors (Lipinski definition) is 0. The quantitative estimate of drug-likeness (QED) is 0.466. The smallest absolute Gasteiger partial charge is 0.121 e. The van der Waals surface area contributed by atoms with Crippen LogP contribution in [0.15, 0.2) is 30.3 Å². The molecule has 3 heteroatoms. The van der Waals surface area contributed by atoms with Gasteiger partial charge in [-0.2, -0.15) is 4.80 Å². The van der Waals surface area contributed by atoms with Gasteiger partial charge < -0.3 is 0 Å². The van der Waals surface area contributed by atoms with Crippen LogP contribution in [-0.4, -0.2) is 15.0 Å². The van der Waals surface area contributed by atoms with Crippen LogP contribution in [0, 0.1) is 41.5 Å². The molecule has 0 amide bonds. The first kappa shape index (κ1) is 15.8. The molecule has 0 aliphatic rings. The molecule has 3 nitrogen and oxygen atoms in total. The molecule has 0 saturated carbocycles. The molecule has 0 unspecified atom stereocenters. The minimum Gasteiger partial charge on any atom is -0.150 e. The standard InChI is InChI=1S/C22H23N3/c1-12-7-9-18-19(11-12)15(4)17(6)21-22(18)24-25(23-21)20-10-8-13(2)14(3)16(20)5/h7-11H,1-6H3. The van der Waals surface area contributed by atoms with Gasteiger partial charge in [-0.3, -0.25) is 0 Å². The summed E-state index contributed by atoms with van der Waals surface area (Å²) in [5.74, 6) is 0. The van der Waals surface area contributed by atoms with E-state index in [2.05, 4.69) is 71.9 Å². The second-order valence-corrected chi connectivity index (χ2v) is 7.14. The third-order valence-electron chi connectivity index (χ3n) is 5.61. The number of hydrogen-bond acceptors (Lipinski definition) is 2. The molecule has 0 fully saturated rings. The molecule has 4 aromatic rings. The van der Waals surface area contributed by atoms with E-state index in [-0.39, 0.29) is 0 Å². The first-order valence-electron chi connectivity index (χ1n) is 8.72. The molecule has 0 spiro atoms. The van der Waals surface area contributed by atoms with Crippen LogP contribution in [0.4, 0.5) is 0 Å². The van der Waals surface area contributed by atoms with Crippen molar-refractivity contribution in [3.8, 4) is 5.69 Å². The summed E-state index contributed by atoms with van der Waals surface area (Å²) in [5, 5.41) is 12.2. The first-order valence-corrected chi connectivity index (χ1v) is 8.72. The second-order valence-electron chi connectivity index (χ2n) is 7.14. The first-order chi connectivity index (χ1) is 11.9. The van der Waals surface area contributed by atoms with Crippen LogP contribution in [0.25, 0.3) is 27.5 Å². The van der Waals surface area contributed by atoms with Crippen molar-refractivity contribution in [2.24, 2.45) is 0 Å². The zero-order valence-corrected chi connectivity index (χ0v) is 15.7. The van der Waals surface area contributed by atoms with Crippen LogP contribution in [0.2, 0.25) is 0 Å². The topological polar surface area (TPSA) is 30.7 Å². The van der Waals surface area contributed by atoms with Gasteiger partial charge in [-0.15, -0.1) is 10.2 Å². The largest absolute Gasteiger partial charge is 0.150 e. The molecule has 0 aliphatic carbocycles. The lowest BCUT2D eigenvalue weighted by Gasteiger charge is -2.09. The van der Waals surface area contributed by atoms with Crippen LogP contribution in [0.3, 0.4) is 0 Å². The molecule has 0 radical (unpaired) electrons. The zero-order chi connectivity index (χ0) is 17.9. The van der Waals surface area contributed by atoms with Crippen molar-refractivity contribution in [1.82, 2.24) is 15.0 Å². The van der Waals surface area contributed by atoms with Crippen LogP contribution in [0.5, 0.6) is 0 Å². The second kappa shape index (κ2) is 5.41. The van der Waals surface area contributed by atoms with E-state index < -0.39 is 0 Å². The van der Waals surface area contributed by atoms with Gasteiger partial charge in [-0.25, -0.2) is 0 Å². The maximum absolute atomic E-state index is 4.88. The monoisotopic (exact) mass is 329 g/mol. The Hall–Kier alpha value is -2.68. The maximum Gasteiger partial charge on any atom is 0.121 e. The van der Waals surface area contributed by atoms with Crippen molar-refractivity contribution in [3.63, 3.8) is 0 Å². The Morgan fingerprint density at radius 3 is 2.12 bits per heavy atom. The van der Waals surface area contributed by atoms with Gasteiger partial charge >= 0.3 is 0 Å². The van der Waals surface area contributed by atoms with E-state index in [9.17, 15) is 0 Å². The predicted octanol–water partition coefficient (Wildman–Crippen LogP) is 5.42. The van der Waals surface area contributed by atoms with Gasteiger partial charge in [-0.05, 0) is 80.8 Å². The van der Waals surface area contributed by atoms with Crippen molar-refractivity contribution in [3.05, 3.63) is 63.7 Å². The van der Waals surface area contributed by atoms with Crippen molar-refractivity contribution in [1.29, 1.82) is 0 Å². The molecule has 4 rings (SSSR count). The molecule has 0 saturated heterocycles. The molecular formula is C22H23N3. The SMILES string of the molecule is Cc1ccc2c(c1)c(C)c(C)c1nn(-c3ccc(C)c(C)c3C)nc12. The van der Waals surface area contributed by atoms with Crippen molar-refractivity contribution in [2.75, 3.05) is 0 Å². The molecule has 0 bridgehead atoms. The van der Waals surface area contributed by atoms with Crippen LogP contribution in [0.1, 0.15) is 33.4 Å². The highest BCUT2D eigenvalue weighted by molar-refractivity contribution is 6.07.